The molecule has 1 atom stereocenters. The minimum absolute atomic E-state index is 0. The van der Waals surface area contributed by atoms with E-state index in [0.717, 1.165) is 6.08 Å². The van der Waals surface area contributed by atoms with Gasteiger partial charge in [0.1, 0.15) is 5.25 Å². The van der Waals surface area contributed by atoms with Crippen LogP contribution in [-0.2, 0) is 14.9 Å². The standard InChI is InChI=1S/C7H13NO4S.Na/c1-3-6(13(10,11)12)5-8-7(9)4-2;/h4,6H,2-3,5H2,1H3,(H,8,9)(H,10,11,12);. The summed E-state index contributed by atoms with van der Waals surface area (Å²) >= 11 is 0. The molecule has 0 aromatic rings. The Kier molecular flexibility index (Phi) is 8.77. The molecule has 0 saturated carbocycles. The molecule has 1 amide bonds. The van der Waals surface area contributed by atoms with Gasteiger partial charge in [0.15, 0.2) is 0 Å². The normalized spacial score (nSPS) is 12.4. The van der Waals surface area contributed by atoms with Crippen LogP contribution in [0.3, 0.4) is 0 Å². The average Bonchev–Trinajstić information content (AvgIpc) is 2.02. The van der Waals surface area contributed by atoms with Crippen molar-refractivity contribution in [1.29, 1.82) is 0 Å². The van der Waals surface area contributed by atoms with Gasteiger partial charge in [-0.05, 0) is 12.5 Å². The molecule has 0 aromatic heterocycles. The Morgan fingerprint density at radius 1 is 1.64 bits per heavy atom. The molecule has 0 aromatic carbocycles. The molecule has 5 nitrogen and oxygen atoms in total. The van der Waals surface area contributed by atoms with E-state index in [4.69, 9.17) is 4.55 Å². The number of hydrogen-bond acceptors (Lipinski definition) is 3. The first-order chi connectivity index (χ1) is 5.91. The van der Waals surface area contributed by atoms with Crippen molar-refractivity contribution in [1.82, 2.24) is 5.32 Å². The second kappa shape index (κ2) is 7.42. The van der Waals surface area contributed by atoms with E-state index in [1.54, 1.807) is 6.92 Å². The topological polar surface area (TPSA) is 83.5 Å². The molecule has 0 aliphatic heterocycles. The third kappa shape index (κ3) is 6.56. The van der Waals surface area contributed by atoms with Gasteiger partial charge < -0.3 is 5.32 Å². The van der Waals surface area contributed by atoms with Crippen LogP contribution >= 0.6 is 0 Å². The van der Waals surface area contributed by atoms with E-state index in [1.165, 1.54) is 0 Å². The van der Waals surface area contributed by atoms with Gasteiger partial charge >= 0.3 is 0 Å². The van der Waals surface area contributed by atoms with Crippen LogP contribution in [0.15, 0.2) is 12.7 Å². The fourth-order valence-electron chi connectivity index (χ4n) is 0.747. The van der Waals surface area contributed by atoms with E-state index in [1.807, 2.05) is 0 Å². The number of carbonyl (C=O) groups excluding carboxylic acids is 1. The number of amides is 1. The maximum atomic E-state index is 10.7. The summed E-state index contributed by atoms with van der Waals surface area (Å²) in [4.78, 5) is 10.7. The van der Waals surface area contributed by atoms with Crippen molar-refractivity contribution in [3.8, 4) is 0 Å². The summed E-state index contributed by atoms with van der Waals surface area (Å²) < 4.78 is 29.9. The van der Waals surface area contributed by atoms with Gasteiger partial charge in [-0.1, -0.05) is 13.5 Å². The molecule has 0 bridgehead atoms. The quantitative estimate of drug-likeness (QED) is 0.381. The van der Waals surface area contributed by atoms with E-state index in [2.05, 4.69) is 11.9 Å². The summed E-state index contributed by atoms with van der Waals surface area (Å²) in [6.45, 7) is 4.72. The molecule has 0 saturated heterocycles. The molecule has 2 N–H and O–H groups in total. The van der Waals surface area contributed by atoms with Crippen LogP contribution < -0.4 is 5.32 Å². The van der Waals surface area contributed by atoms with Gasteiger partial charge in [-0.25, -0.2) is 0 Å². The van der Waals surface area contributed by atoms with Gasteiger partial charge in [0.25, 0.3) is 10.1 Å². The summed E-state index contributed by atoms with van der Waals surface area (Å²) in [7, 11) is -4.07. The van der Waals surface area contributed by atoms with E-state index < -0.39 is 21.3 Å². The van der Waals surface area contributed by atoms with Crippen molar-refractivity contribution in [3.05, 3.63) is 12.7 Å². The van der Waals surface area contributed by atoms with Gasteiger partial charge in [0.2, 0.25) is 5.91 Å². The summed E-state index contributed by atoms with van der Waals surface area (Å²) in [5.74, 6) is -0.456. The molecule has 0 heterocycles. The Bertz CT molecular complexity index is 288. The van der Waals surface area contributed by atoms with E-state index in [0.29, 0.717) is 0 Å². The summed E-state index contributed by atoms with van der Waals surface area (Å²) in [6, 6.07) is 0. The Labute approximate surface area is 106 Å². The molecule has 0 fully saturated rings. The number of hydrogen-bond donors (Lipinski definition) is 2. The smallest absolute Gasteiger partial charge is 0.269 e. The number of rotatable bonds is 5. The maximum absolute atomic E-state index is 10.7. The largest absolute Gasteiger partial charge is 0.351 e. The number of nitrogens with one attached hydrogen (secondary N) is 1. The SMILES string of the molecule is C=CC(=O)NCC(CC)S(=O)(=O)O.[Na]. The van der Waals surface area contributed by atoms with Crippen LogP contribution in [-0.4, -0.2) is 60.2 Å². The fraction of sp³-hybridized carbons (Fsp3) is 0.571. The predicted octanol–water partition coefficient (Wildman–Crippen LogP) is -0.426. The van der Waals surface area contributed by atoms with Crippen LogP contribution in [0.25, 0.3) is 0 Å². The van der Waals surface area contributed by atoms with Crippen LogP contribution in [0.5, 0.6) is 0 Å². The Morgan fingerprint density at radius 2 is 2.14 bits per heavy atom. The van der Waals surface area contributed by atoms with Gasteiger partial charge in [0.05, 0.1) is 0 Å². The number of carbonyl (C=O) groups is 1. The van der Waals surface area contributed by atoms with Crippen LogP contribution in [0.4, 0.5) is 0 Å². The Hall–Kier alpha value is 0.120. The molecule has 0 aliphatic carbocycles. The Morgan fingerprint density at radius 3 is 2.43 bits per heavy atom. The minimum atomic E-state index is -4.07. The van der Waals surface area contributed by atoms with Crippen LogP contribution in [0, 0.1) is 0 Å². The molecule has 0 aliphatic rings. The maximum Gasteiger partial charge on any atom is 0.269 e. The first-order valence-electron chi connectivity index (χ1n) is 3.78. The molecule has 77 valence electrons. The van der Waals surface area contributed by atoms with Crippen molar-refractivity contribution in [3.63, 3.8) is 0 Å². The zero-order chi connectivity index (χ0) is 10.5. The molecule has 0 spiro atoms. The zero-order valence-corrected chi connectivity index (χ0v) is 11.2. The molecular formula is C7H13NNaO4S. The fourth-order valence-corrected chi connectivity index (χ4v) is 1.46. The van der Waals surface area contributed by atoms with Crippen molar-refractivity contribution in [2.45, 2.75) is 18.6 Å². The van der Waals surface area contributed by atoms with E-state index in [9.17, 15) is 13.2 Å². The average molecular weight is 230 g/mol. The molecule has 14 heavy (non-hydrogen) atoms. The van der Waals surface area contributed by atoms with Crippen molar-refractivity contribution in [2.24, 2.45) is 0 Å². The summed E-state index contributed by atoms with van der Waals surface area (Å²) in [5, 5.41) is 1.35. The molecular weight excluding hydrogens is 217 g/mol. The van der Waals surface area contributed by atoms with Gasteiger partial charge in [-0.2, -0.15) is 8.42 Å². The first kappa shape index (κ1) is 16.5. The first-order valence-corrected chi connectivity index (χ1v) is 5.28. The third-order valence-corrected chi connectivity index (χ3v) is 2.91. The van der Waals surface area contributed by atoms with Crippen molar-refractivity contribution < 1.29 is 17.8 Å². The third-order valence-electron chi connectivity index (χ3n) is 1.57. The summed E-state index contributed by atoms with van der Waals surface area (Å²) in [5.41, 5.74) is 0. The van der Waals surface area contributed by atoms with E-state index in [-0.39, 0.29) is 42.5 Å². The van der Waals surface area contributed by atoms with Crippen molar-refractivity contribution in [2.75, 3.05) is 6.54 Å². The Balaban J connectivity index is 0. The molecule has 1 unspecified atom stereocenters. The second-order valence-corrected chi connectivity index (χ2v) is 4.19. The summed E-state index contributed by atoms with van der Waals surface area (Å²) in [6.07, 6.45) is 1.28. The predicted molar refractivity (Wildman–Crippen MR) is 54.6 cm³/mol. The van der Waals surface area contributed by atoms with Crippen molar-refractivity contribution >= 4 is 45.6 Å². The molecule has 7 heteroatoms. The van der Waals surface area contributed by atoms with Gasteiger partial charge in [-0.15, -0.1) is 0 Å². The van der Waals surface area contributed by atoms with Crippen LogP contribution in [0.2, 0.25) is 0 Å². The van der Waals surface area contributed by atoms with Crippen LogP contribution in [0.1, 0.15) is 13.3 Å². The second-order valence-electron chi connectivity index (χ2n) is 2.49. The van der Waals surface area contributed by atoms with E-state index >= 15 is 0 Å². The zero-order valence-electron chi connectivity index (χ0n) is 8.36. The minimum Gasteiger partial charge on any atom is -0.351 e. The monoisotopic (exact) mass is 230 g/mol. The van der Waals surface area contributed by atoms with Gasteiger partial charge in [-0.3, -0.25) is 9.35 Å². The molecule has 1 radical (unpaired) electrons. The molecule has 0 rings (SSSR count). The van der Waals surface area contributed by atoms with Gasteiger partial charge in [0, 0.05) is 36.1 Å².